The fraction of sp³-hybridized carbons (Fsp3) is 0. The molecule has 0 spiro atoms. The molecule has 0 aliphatic rings. The first-order valence-corrected chi connectivity index (χ1v) is 5.50. The second kappa shape index (κ2) is 5.90. The Kier molecular flexibility index (Phi) is 9.75. The zero-order valence-electron chi connectivity index (χ0n) is 5.67. The van der Waals surface area contributed by atoms with Crippen LogP contribution in [0.4, 0.5) is 0 Å². The van der Waals surface area contributed by atoms with Gasteiger partial charge in [0.15, 0.2) is 0 Å². The van der Waals surface area contributed by atoms with Crippen LogP contribution >= 0.6 is 0 Å². The summed E-state index contributed by atoms with van der Waals surface area (Å²) in [5.74, 6) is 0. The van der Waals surface area contributed by atoms with Gasteiger partial charge in [-0.1, -0.05) is 0 Å². The molecule has 0 amide bonds. The van der Waals surface area contributed by atoms with Gasteiger partial charge < -0.3 is 0 Å². The fourth-order valence-corrected chi connectivity index (χ4v) is 1.74. The quantitative estimate of drug-likeness (QED) is 0.431. The average molecular weight is 230 g/mol. The summed E-state index contributed by atoms with van der Waals surface area (Å²) in [6, 6.07) is 0. The van der Waals surface area contributed by atoms with Crippen molar-refractivity contribution in [2.45, 2.75) is 0 Å². The summed E-state index contributed by atoms with van der Waals surface area (Å²) in [5, 5.41) is 0. The van der Waals surface area contributed by atoms with Crippen molar-refractivity contribution in [2.75, 3.05) is 0 Å². The summed E-state index contributed by atoms with van der Waals surface area (Å²) in [7, 11) is 0. The third kappa shape index (κ3) is 18.4. The second-order valence-electron chi connectivity index (χ2n) is 0.885. The van der Waals surface area contributed by atoms with E-state index < -0.39 is 27.2 Å². The van der Waals surface area contributed by atoms with E-state index in [-0.39, 0.29) is 37.7 Å². The molecular weight excluding hydrogens is 230 g/mol. The molecule has 0 heterocycles. The maximum absolute atomic E-state index is 9.38. The molecule has 0 aromatic carbocycles. The van der Waals surface area contributed by atoms with Gasteiger partial charge >= 0.3 is 91.3 Å². The van der Waals surface area contributed by atoms with Crippen LogP contribution in [0, 0.1) is 0 Å². The molecule has 0 N–H and O–H groups in total. The van der Waals surface area contributed by atoms with Crippen molar-refractivity contribution in [3.63, 3.8) is 0 Å². The molecule has 0 aromatic rings. The van der Waals surface area contributed by atoms with E-state index in [1.807, 2.05) is 0 Å². The van der Waals surface area contributed by atoms with E-state index >= 15 is 0 Å². The molecule has 56 valence electrons. The monoisotopic (exact) mass is 230 g/mol. The Labute approximate surface area is 90.6 Å². The number of hydrogen-bond donors (Lipinski definition) is 0. The van der Waals surface area contributed by atoms with Gasteiger partial charge in [-0.05, 0) is 0 Å². The molecule has 0 radical (unpaired) electrons. The van der Waals surface area contributed by atoms with E-state index in [0.29, 0.717) is 0 Å². The van der Waals surface area contributed by atoms with Crippen molar-refractivity contribution in [3.05, 3.63) is 0 Å². The summed E-state index contributed by atoms with van der Waals surface area (Å²) in [5.41, 5.74) is 0. The van der Waals surface area contributed by atoms with E-state index in [1.165, 1.54) is 0 Å². The van der Waals surface area contributed by atoms with E-state index in [4.69, 9.17) is 0 Å². The molecule has 0 aromatic heterocycles. The van der Waals surface area contributed by atoms with E-state index in [1.54, 1.807) is 0 Å². The molecule has 0 unspecified atom stereocenters. The van der Waals surface area contributed by atoms with E-state index in [0.717, 1.165) is 0 Å². The van der Waals surface area contributed by atoms with Gasteiger partial charge in [0.05, 0.1) is 0 Å². The first-order chi connectivity index (χ1) is 3.71. The predicted octanol–water partition coefficient (Wildman–Crippen LogP) is -8.92. The van der Waals surface area contributed by atoms with Gasteiger partial charge in [0.2, 0.25) is 0 Å². The van der Waals surface area contributed by atoms with Gasteiger partial charge in [0, 0.05) is 0 Å². The molecule has 11 heteroatoms. The van der Waals surface area contributed by atoms with Crippen molar-refractivity contribution in [1.29, 1.82) is 0 Å². The average Bonchev–Trinajstić information content (AvgIpc) is 1.14. The molecule has 0 aliphatic carbocycles. The van der Waals surface area contributed by atoms with Gasteiger partial charge in [-0.15, -0.1) is 0 Å². The van der Waals surface area contributed by atoms with Crippen LogP contribution in [0.3, 0.4) is 0 Å². The Morgan fingerprint density at radius 1 is 0.818 bits per heavy atom. The van der Waals surface area contributed by atoms with Crippen LogP contribution in [0.1, 0.15) is 0 Å². The normalized spacial score (nSPS) is 11.1. The Morgan fingerprint density at radius 2 is 1.00 bits per heavy atom. The van der Waals surface area contributed by atoms with Crippen molar-refractivity contribution >= 4 is 0 Å². The van der Waals surface area contributed by atoms with Gasteiger partial charge in [-0.3, -0.25) is 0 Å². The first-order valence-electron chi connectivity index (χ1n) is 1.33. The summed E-state index contributed by atoms with van der Waals surface area (Å²) in [6.45, 7) is 0. The number of rotatable bonds is 2. The zero-order chi connectivity index (χ0) is 7.71. The Balaban J connectivity index is -0.000000320. The fourth-order valence-electron chi connectivity index (χ4n) is 0.102. The summed E-state index contributed by atoms with van der Waals surface area (Å²) < 4.78 is 58.9. The molecule has 7 nitrogen and oxygen atoms in total. The maximum atomic E-state index is 9.38. The van der Waals surface area contributed by atoms with Crippen molar-refractivity contribution in [2.24, 2.45) is 0 Å². The van der Waals surface area contributed by atoms with E-state index in [9.17, 15) is 23.5 Å². The minimum atomic E-state index is -6.07. The second-order valence-corrected chi connectivity index (χ2v) is 4.52. The molecular formula is Cr2Li2O7. The molecule has 11 heavy (non-hydrogen) atoms. The first kappa shape index (κ1) is 18.2. The molecule has 0 saturated carbocycles. The van der Waals surface area contributed by atoms with E-state index in [2.05, 4.69) is 2.84 Å². The molecule has 0 atom stereocenters. The zero-order valence-corrected chi connectivity index (χ0v) is 8.22. The van der Waals surface area contributed by atoms with Crippen LogP contribution in [0.15, 0.2) is 0 Å². The van der Waals surface area contributed by atoms with Crippen LogP contribution in [0.25, 0.3) is 0 Å². The molecule has 0 fully saturated rings. The molecule has 0 bridgehead atoms. The Morgan fingerprint density at radius 3 is 1.00 bits per heavy atom. The van der Waals surface area contributed by atoms with Gasteiger partial charge in [0.1, 0.15) is 0 Å². The Bertz CT molecular complexity index is 240. The molecule has 0 aliphatic heterocycles. The Hall–Kier alpha value is 1.34. The van der Waals surface area contributed by atoms with Gasteiger partial charge in [0.25, 0.3) is 0 Å². The molecule has 0 saturated heterocycles. The summed E-state index contributed by atoms with van der Waals surface area (Å²) >= 11 is -12.1. The van der Waals surface area contributed by atoms with Crippen LogP contribution in [-0.2, 0) is 45.3 Å². The summed E-state index contributed by atoms with van der Waals surface area (Å²) in [4.78, 5) is 0. The van der Waals surface area contributed by atoms with Crippen LogP contribution < -0.4 is 46.0 Å². The third-order valence-electron chi connectivity index (χ3n) is 0.167. The molecule has 0 rings (SSSR count). The SMILES string of the molecule is [Li+].[Li+].[O]=[Cr](=[O])([O-])[O][Cr](=[O])(=[O])[O-]. The van der Waals surface area contributed by atoms with Crippen molar-refractivity contribution in [1.82, 2.24) is 0 Å². The predicted molar refractivity (Wildman–Crippen MR) is 3.83 cm³/mol. The van der Waals surface area contributed by atoms with Crippen molar-refractivity contribution < 1.29 is 91.3 Å². The summed E-state index contributed by atoms with van der Waals surface area (Å²) in [6.07, 6.45) is 0. The standard InChI is InChI=1S/2Cr.2Li.7O/q;;2*+1;;;;;;2*-1. The topological polar surface area (TPSA) is 124 Å². The third-order valence-corrected chi connectivity index (χ3v) is 2.83. The number of hydrogen-bond acceptors (Lipinski definition) is 7. The van der Waals surface area contributed by atoms with Crippen molar-refractivity contribution in [3.8, 4) is 0 Å². The van der Waals surface area contributed by atoms with Gasteiger partial charge in [-0.25, -0.2) is 0 Å². The van der Waals surface area contributed by atoms with Crippen LogP contribution in [-0.4, -0.2) is 0 Å². The van der Waals surface area contributed by atoms with Crippen LogP contribution in [0.5, 0.6) is 0 Å². The minimum absolute atomic E-state index is 0. The van der Waals surface area contributed by atoms with Gasteiger partial charge in [-0.2, -0.15) is 0 Å². The van der Waals surface area contributed by atoms with Crippen LogP contribution in [0.2, 0.25) is 0 Å².